The molecule has 0 bridgehead atoms. The number of hydrogen-bond donors (Lipinski definition) is 1. The summed E-state index contributed by atoms with van der Waals surface area (Å²) in [6.07, 6.45) is 0.409. The molecule has 2 atom stereocenters. The highest BCUT2D eigenvalue weighted by molar-refractivity contribution is 6.08. The van der Waals surface area contributed by atoms with Gasteiger partial charge in [0.2, 0.25) is 6.10 Å². The second-order valence-corrected chi connectivity index (χ2v) is 4.56. The lowest BCUT2D eigenvalue weighted by Gasteiger charge is -2.13. The molecular formula is C15H13NO5. The summed E-state index contributed by atoms with van der Waals surface area (Å²) in [6.45, 7) is 0. The van der Waals surface area contributed by atoms with Crippen LogP contribution in [0.25, 0.3) is 0 Å². The highest BCUT2D eigenvalue weighted by Gasteiger charge is 2.42. The van der Waals surface area contributed by atoms with E-state index >= 15 is 0 Å². The number of oxime groups is 1. The number of hydrogen-bond acceptors (Lipinski definition) is 5. The molecule has 2 unspecified atom stereocenters. The first kappa shape index (κ1) is 13.2. The Kier molecular flexibility index (Phi) is 3.35. The number of nitrogens with zero attached hydrogens (tertiary/aromatic N) is 1. The summed E-state index contributed by atoms with van der Waals surface area (Å²) < 4.78 is 10.5. The maximum absolute atomic E-state index is 11.3. The second kappa shape index (κ2) is 5.32. The van der Waals surface area contributed by atoms with Gasteiger partial charge in [-0.05, 0) is 36.4 Å². The van der Waals surface area contributed by atoms with Crippen molar-refractivity contribution in [3.8, 4) is 5.75 Å². The number of methoxy groups -OCH3 is 1. The van der Waals surface area contributed by atoms with E-state index in [4.69, 9.17) is 14.0 Å². The molecule has 108 valence electrons. The maximum Gasteiger partial charge on any atom is 0.348 e. The van der Waals surface area contributed by atoms with Crippen molar-refractivity contribution in [3.05, 3.63) is 54.0 Å². The predicted octanol–water partition coefficient (Wildman–Crippen LogP) is 2.26. The summed E-state index contributed by atoms with van der Waals surface area (Å²) in [5, 5.41) is 13.2. The lowest BCUT2D eigenvalue weighted by atomic mass is 9.90. The molecule has 2 aromatic rings. The summed E-state index contributed by atoms with van der Waals surface area (Å²) in [4.78, 5) is 16.4. The molecule has 6 heteroatoms. The van der Waals surface area contributed by atoms with Crippen molar-refractivity contribution in [1.29, 1.82) is 0 Å². The summed E-state index contributed by atoms with van der Waals surface area (Å²) in [7, 11) is 1.58. The Balaban J connectivity index is 1.98. The first-order valence-electron chi connectivity index (χ1n) is 6.35. The van der Waals surface area contributed by atoms with Gasteiger partial charge in [0, 0.05) is 5.56 Å². The zero-order valence-corrected chi connectivity index (χ0v) is 11.2. The van der Waals surface area contributed by atoms with Crippen LogP contribution in [0.2, 0.25) is 0 Å². The molecule has 0 spiro atoms. The Bertz CT molecular complexity index is 660. The summed E-state index contributed by atoms with van der Waals surface area (Å²) >= 11 is 0. The molecule has 2 heterocycles. The minimum Gasteiger partial charge on any atom is -0.497 e. The van der Waals surface area contributed by atoms with Crippen molar-refractivity contribution in [1.82, 2.24) is 0 Å². The van der Waals surface area contributed by atoms with Crippen molar-refractivity contribution in [2.24, 2.45) is 5.16 Å². The van der Waals surface area contributed by atoms with Crippen LogP contribution in [0, 0.1) is 0 Å². The van der Waals surface area contributed by atoms with Gasteiger partial charge < -0.3 is 19.1 Å². The van der Waals surface area contributed by atoms with Gasteiger partial charge in [0.25, 0.3) is 0 Å². The third kappa shape index (κ3) is 2.35. The monoisotopic (exact) mass is 287 g/mol. The first-order valence-corrected chi connectivity index (χ1v) is 6.35. The van der Waals surface area contributed by atoms with Crippen LogP contribution >= 0.6 is 0 Å². The number of carboxylic acid groups (broad SMARTS) is 1. The third-order valence-corrected chi connectivity index (χ3v) is 3.34. The minimum atomic E-state index is -1.09. The Labute approximate surface area is 120 Å². The van der Waals surface area contributed by atoms with Crippen LogP contribution in [0.15, 0.2) is 52.2 Å². The second-order valence-electron chi connectivity index (χ2n) is 4.56. The van der Waals surface area contributed by atoms with E-state index in [9.17, 15) is 9.90 Å². The molecule has 0 saturated heterocycles. The fourth-order valence-electron chi connectivity index (χ4n) is 2.31. The number of carboxylic acids is 1. The molecule has 1 aliphatic rings. The largest absolute Gasteiger partial charge is 0.497 e. The number of benzene rings is 1. The maximum atomic E-state index is 11.3. The van der Waals surface area contributed by atoms with Gasteiger partial charge in [0.15, 0.2) is 0 Å². The Morgan fingerprint density at radius 2 is 2.05 bits per heavy atom. The SMILES string of the molecule is COc1ccc(C2=NOC(C(=O)O)C2c2ccco2)cc1. The molecule has 6 nitrogen and oxygen atoms in total. The lowest BCUT2D eigenvalue weighted by Crippen LogP contribution is -2.29. The van der Waals surface area contributed by atoms with Crippen molar-refractivity contribution in [2.45, 2.75) is 12.0 Å². The quantitative estimate of drug-likeness (QED) is 0.932. The number of ether oxygens (including phenoxy) is 1. The number of furan rings is 1. The van der Waals surface area contributed by atoms with E-state index in [2.05, 4.69) is 5.16 Å². The summed E-state index contributed by atoms with van der Waals surface area (Å²) in [5.74, 6) is -0.438. The molecule has 0 amide bonds. The summed E-state index contributed by atoms with van der Waals surface area (Å²) in [5.41, 5.74) is 1.29. The molecule has 0 radical (unpaired) electrons. The van der Waals surface area contributed by atoms with Gasteiger partial charge in [-0.15, -0.1) is 0 Å². The van der Waals surface area contributed by atoms with Crippen LogP contribution in [0.4, 0.5) is 0 Å². The number of rotatable bonds is 4. The van der Waals surface area contributed by atoms with Crippen LogP contribution in [-0.2, 0) is 9.63 Å². The molecule has 1 aromatic heterocycles. The average molecular weight is 287 g/mol. The molecular weight excluding hydrogens is 274 g/mol. The van der Waals surface area contributed by atoms with Gasteiger partial charge in [0.05, 0.1) is 13.4 Å². The molecule has 21 heavy (non-hydrogen) atoms. The Morgan fingerprint density at radius 1 is 1.29 bits per heavy atom. The zero-order valence-electron chi connectivity index (χ0n) is 11.2. The third-order valence-electron chi connectivity index (χ3n) is 3.34. The molecule has 0 aliphatic carbocycles. The molecule has 3 rings (SSSR count). The zero-order chi connectivity index (χ0) is 14.8. The fraction of sp³-hybridized carbons (Fsp3) is 0.200. The Morgan fingerprint density at radius 3 is 2.62 bits per heavy atom. The van der Waals surface area contributed by atoms with Crippen molar-refractivity contribution in [3.63, 3.8) is 0 Å². The van der Waals surface area contributed by atoms with Gasteiger partial charge in [0.1, 0.15) is 23.1 Å². The fourth-order valence-corrected chi connectivity index (χ4v) is 2.31. The van der Waals surface area contributed by atoms with E-state index in [1.807, 2.05) is 0 Å². The van der Waals surface area contributed by atoms with E-state index in [0.717, 1.165) is 5.56 Å². The molecule has 1 N–H and O–H groups in total. The van der Waals surface area contributed by atoms with Gasteiger partial charge in [-0.1, -0.05) is 5.16 Å². The molecule has 1 aromatic carbocycles. The van der Waals surface area contributed by atoms with Crippen LogP contribution in [-0.4, -0.2) is 30.0 Å². The van der Waals surface area contributed by atoms with E-state index < -0.39 is 18.0 Å². The number of aliphatic carboxylic acids is 1. The van der Waals surface area contributed by atoms with Crippen LogP contribution in [0.1, 0.15) is 17.2 Å². The van der Waals surface area contributed by atoms with E-state index in [1.54, 1.807) is 43.5 Å². The standard InChI is InChI=1S/C15H13NO5/c1-19-10-6-4-9(5-7-10)13-12(11-3-2-8-20-11)14(15(17)18)21-16-13/h2-8,12,14H,1H3,(H,17,18). The number of carbonyl (C=O) groups is 1. The Hall–Kier alpha value is -2.76. The van der Waals surface area contributed by atoms with Gasteiger partial charge in [-0.3, -0.25) is 0 Å². The van der Waals surface area contributed by atoms with Crippen LogP contribution < -0.4 is 4.74 Å². The van der Waals surface area contributed by atoms with E-state index in [-0.39, 0.29) is 0 Å². The highest BCUT2D eigenvalue weighted by atomic mass is 16.7. The smallest absolute Gasteiger partial charge is 0.348 e. The normalized spacial score (nSPS) is 20.7. The highest BCUT2D eigenvalue weighted by Crippen LogP contribution is 2.33. The molecule has 0 fully saturated rings. The average Bonchev–Trinajstić information content (AvgIpc) is 3.16. The van der Waals surface area contributed by atoms with Crippen LogP contribution in [0.5, 0.6) is 5.75 Å². The van der Waals surface area contributed by atoms with Crippen LogP contribution in [0.3, 0.4) is 0 Å². The summed E-state index contributed by atoms with van der Waals surface area (Å²) in [6, 6.07) is 10.6. The van der Waals surface area contributed by atoms with Gasteiger partial charge in [-0.25, -0.2) is 4.79 Å². The minimum absolute atomic E-state index is 0.509. The molecule has 1 aliphatic heterocycles. The van der Waals surface area contributed by atoms with Gasteiger partial charge >= 0.3 is 5.97 Å². The molecule has 0 saturated carbocycles. The van der Waals surface area contributed by atoms with Crippen molar-refractivity contribution >= 4 is 11.7 Å². The first-order chi connectivity index (χ1) is 10.2. The van der Waals surface area contributed by atoms with Crippen molar-refractivity contribution < 1.29 is 23.9 Å². The van der Waals surface area contributed by atoms with E-state index in [0.29, 0.717) is 17.2 Å². The van der Waals surface area contributed by atoms with E-state index in [1.165, 1.54) is 6.26 Å². The van der Waals surface area contributed by atoms with Crippen molar-refractivity contribution in [2.75, 3.05) is 7.11 Å². The predicted molar refractivity (Wildman–Crippen MR) is 73.5 cm³/mol. The lowest BCUT2D eigenvalue weighted by molar-refractivity contribution is -0.149. The van der Waals surface area contributed by atoms with Gasteiger partial charge in [-0.2, -0.15) is 0 Å². The topological polar surface area (TPSA) is 81.3 Å².